The van der Waals surface area contributed by atoms with Crippen LogP contribution < -0.4 is 15.2 Å². The van der Waals surface area contributed by atoms with Gasteiger partial charge in [-0.1, -0.05) is 6.07 Å². The molecule has 0 radical (unpaired) electrons. The molecule has 2 N–H and O–H groups in total. The number of nitrogens with two attached hydrogens (primary N) is 1. The second kappa shape index (κ2) is 5.67. The molecule has 6 heteroatoms. The summed E-state index contributed by atoms with van der Waals surface area (Å²) in [6.07, 6.45) is 1.99. The van der Waals surface area contributed by atoms with Gasteiger partial charge in [0.15, 0.2) is 11.5 Å². The Hall–Kier alpha value is -1.46. The van der Waals surface area contributed by atoms with E-state index in [1.807, 2.05) is 17.0 Å². The Balaban J connectivity index is 0.00000133. The minimum atomic E-state index is -0.00898. The summed E-state index contributed by atoms with van der Waals surface area (Å²) in [7, 11) is 0. The van der Waals surface area contributed by atoms with Crippen molar-refractivity contribution >= 4 is 18.3 Å². The first-order chi connectivity index (χ1) is 8.81. The number of benzene rings is 1. The summed E-state index contributed by atoms with van der Waals surface area (Å²) in [4.78, 5) is 14.4. The average molecular weight is 285 g/mol. The highest BCUT2D eigenvalue weighted by Gasteiger charge is 2.31. The molecule has 19 heavy (non-hydrogen) atoms. The standard InChI is InChI=1S/C13H16N2O3.ClH/c14-7-9-3-2-6-15(9)13(16)10-4-1-5-11-12(10)18-8-17-11;/h1,4-5,9H,2-3,6-8,14H2;1H. The van der Waals surface area contributed by atoms with Crippen LogP contribution in [0.1, 0.15) is 23.2 Å². The lowest BCUT2D eigenvalue weighted by molar-refractivity contribution is 0.0736. The number of rotatable bonds is 2. The molecule has 2 aliphatic heterocycles. The smallest absolute Gasteiger partial charge is 0.258 e. The topological polar surface area (TPSA) is 64.8 Å². The number of carbonyl (C=O) groups is 1. The van der Waals surface area contributed by atoms with Crippen LogP contribution in [0.3, 0.4) is 0 Å². The third-order valence-corrected chi connectivity index (χ3v) is 3.54. The van der Waals surface area contributed by atoms with Gasteiger partial charge < -0.3 is 20.1 Å². The molecular weight excluding hydrogens is 268 g/mol. The highest BCUT2D eigenvalue weighted by Crippen LogP contribution is 2.36. The number of ether oxygens (including phenoxy) is 2. The van der Waals surface area contributed by atoms with Gasteiger partial charge in [0.1, 0.15) is 0 Å². The number of likely N-dealkylation sites (tertiary alicyclic amines) is 1. The summed E-state index contributed by atoms with van der Waals surface area (Å²) < 4.78 is 10.7. The highest BCUT2D eigenvalue weighted by atomic mass is 35.5. The van der Waals surface area contributed by atoms with Crippen molar-refractivity contribution in [2.24, 2.45) is 5.73 Å². The largest absolute Gasteiger partial charge is 0.454 e. The van der Waals surface area contributed by atoms with E-state index in [1.165, 1.54) is 0 Å². The van der Waals surface area contributed by atoms with Crippen LogP contribution in [0.15, 0.2) is 18.2 Å². The SMILES string of the molecule is Cl.NCC1CCCN1C(=O)c1cccc2c1OCO2. The van der Waals surface area contributed by atoms with Crippen LogP contribution >= 0.6 is 12.4 Å². The van der Waals surface area contributed by atoms with Crippen molar-refractivity contribution in [1.29, 1.82) is 0 Å². The minimum absolute atomic E-state index is 0. The van der Waals surface area contributed by atoms with E-state index in [9.17, 15) is 4.79 Å². The van der Waals surface area contributed by atoms with Crippen molar-refractivity contribution in [2.45, 2.75) is 18.9 Å². The van der Waals surface area contributed by atoms with Crippen LogP contribution in [-0.4, -0.2) is 36.7 Å². The predicted octanol–water partition coefficient (Wildman–Crippen LogP) is 1.40. The highest BCUT2D eigenvalue weighted by molar-refractivity contribution is 5.98. The van der Waals surface area contributed by atoms with Gasteiger partial charge in [-0.25, -0.2) is 0 Å². The van der Waals surface area contributed by atoms with Crippen molar-refractivity contribution < 1.29 is 14.3 Å². The summed E-state index contributed by atoms with van der Waals surface area (Å²) in [5.41, 5.74) is 6.28. The molecule has 0 saturated carbocycles. The zero-order chi connectivity index (χ0) is 12.5. The first kappa shape index (κ1) is 14.0. The number of nitrogens with zero attached hydrogens (tertiary/aromatic N) is 1. The maximum absolute atomic E-state index is 12.5. The number of hydrogen-bond acceptors (Lipinski definition) is 4. The number of carbonyl (C=O) groups excluding carboxylic acids is 1. The molecule has 0 spiro atoms. The van der Waals surface area contributed by atoms with E-state index < -0.39 is 0 Å². The summed E-state index contributed by atoms with van der Waals surface area (Å²) in [6, 6.07) is 5.55. The number of halogens is 1. The molecule has 1 aromatic rings. The molecule has 1 amide bonds. The Labute approximate surface area is 118 Å². The zero-order valence-corrected chi connectivity index (χ0v) is 11.3. The van der Waals surface area contributed by atoms with E-state index in [0.29, 0.717) is 23.6 Å². The van der Waals surface area contributed by atoms with Gasteiger partial charge in [0.05, 0.1) is 5.56 Å². The third-order valence-electron chi connectivity index (χ3n) is 3.54. The first-order valence-corrected chi connectivity index (χ1v) is 6.21. The van der Waals surface area contributed by atoms with E-state index in [4.69, 9.17) is 15.2 Å². The lowest BCUT2D eigenvalue weighted by Crippen LogP contribution is -2.40. The number of fused-ring (bicyclic) bond motifs is 1. The van der Waals surface area contributed by atoms with Crippen molar-refractivity contribution in [3.63, 3.8) is 0 Å². The average Bonchev–Trinajstić information content (AvgIpc) is 3.05. The van der Waals surface area contributed by atoms with Crippen molar-refractivity contribution in [3.05, 3.63) is 23.8 Å². The molecule has 3 rings (SSSR count). The Bertz CT molecular complexity index is 481. The van der Waals surface area contributed by atoms with Gasteiger partial charge in [0.2, 0.25) is 6.79 Å². The van der Waals surface area contributed by atoms with Crippen LogP contribution in [0.2, 0.25) is 0 Å². The van der Waals surface area contributed by atoms with E-state index in [0.717, 1.165) is 19.4 Å². The number of hydrogen-bond donors (Lipinski definition) is 1. The van der Waals surface area contributed by atoms with Gasteiger partial charge in [-0.05, 0) is 25.0 Å². The van der Waals surface area contributed by atoms with Crippen LogP contribution in [0.25, 0.3) is 0 Å². The van der Waals surface area contributed by atoms with Crippen molar-refractivity contribution in [1.82, 2.24) is 4.90 Å². The van der Waals surface area contributed by atoms with E-state index in [1.54, 1.807) is 6.07 Å². The van der Waals surface area contributed by atoms with Crippen molar-refractivity contribution in [2.75, 3.05) is 19.9 Å². The second-order valence-corrected chi connectivity index (χ2v) is 4.57. The van der Waals surface area contributed by atoms with Gasteiger partial charge >= 0.3 is 0 Å². The molecule has 1 saturated heterocycles. The Morgan fingerprint density at radius 2 is 2.26 bits per heavy atom. The Kier molecular flexibility index (Phi) is 4.17. The fourth-order valence-corrected chi connectivity index (χ4v) is 2.60. The molecule has 1 fully saturated rings. The maximum Gasteiger partial charge on any atom is 0.258 e. The molecule has 1 atom stereocenters. The molecule has 2 heterocycles. The number of amides is 1. The number of para-hydroxylation sites is 1. The minimum Gasteiger partial charge on any atom is -0.454 e. The molecular formula is C13H17ClN2O3. The normalized spacial score (nSPS) is 20.3. The van der Waals surface area contributed by atoms with Crippen molar-refractivity contribution in [3.8, 4) is 11.5 Å². The lowest BCUT2D eigenvalue weighted by Gasteiger charge is -2.23. The van der Waals surface area contributed by atoms with E-state index in [-0.39, 0.29) is 31.1 Å². The van der Waals surface area contributed by atoms with Gasteiger partial charge in [-0.2, -0.15) is 0 Å². The Morgan fingerprint density at radius 1 is 1.42 bits per heavy atom. The molecule has 0 aliphatic carbocycles. The summed E-state index contributed by atoms with van der Waals surface area (Å²) in [5.74, 6) is 1.19. The van der Waals surface area contributed by atoms with Crippen LogP contribution in [0.4, 0.5) is 0 Å². The molecule has 1 aromatic carbocycles. The lowest BCUT2D eigenvalue weighted by atomic mass is 10.1. The zero-order valence-electron chi connectivity index (χ0n) is 10.5. The van der Waals surface area contributed by atoms with Crippen LogP contribution in [0.5, 0.6) is 11.5 Å². The maximum atomic E-state index is 12.5. The molecule has 0 aromatic heterocycles. The van der Waals surface area contributed by atoms with E-state index in [2.05, 4.69) is 0 Å². The first-order valence-electron chi connectivity index (χ1n) is 6.21. The van der Waals surface area contributed by atoms with Gasteiger partial charge in [-0.15, -0.1) is 12.4 Å². The molecule has 0 bridgehead atoms. The molecule has 1 unspecified atom stereocenters. The summed E-state index contributed by atoms with van der Waals surface area (Å²) in [6.45, 7) is 1.46. The van der Waals surface area contributed by atoms with Gasteiger partial charge in [0.25, 0.3) is 5.91 Å². The molecule has 5 nitrogen and oxygen atoms in total. The Morgan fingerprint density at radius 3 is 3.05 bits per heavy atom. The van der Waals surface area contributed by atoms with E-state index >= 15 is 0 Å². The fraction of sp³-hybridized carbons (Fsp3) is 0.462. The third kappa shape index (κ3) is 2.35. The van der Waals surface area contributed by atoms with Gasteiger partial charge in [-0.3, -0.25) is 4.79 Å². The molecule has 2 aliphatic rings. The van der Waals surface area contributed by atoms with Crippen LogP contribution in [0, 0.1) is 0 Å². The molecule has 104 valence electrons. The fourth-order valence-electron chi connectivity index (χ4n) is 2.60. The summed E-state index contributed by atoms with van der Waals surface area (Å²) in [5, 5.41) is 0. The summed E-state index contributed by atoms with van der Waals surface area (Å²) >= 11 is 0. The predicted molar refractivity (Wildman–Crippen MR) is 72.9 cm³/mol. The quantitative estimate of drug-likeness (QED) is 0.892. The monoisotopic (exact) mass is 284 g/mol. The second-order valence-electron chi connectivity index (χ2n) is 4.57. The van der Waals surface area contributed by atoms with Crippen LogP contribution in [-0.2, 0) is 0 Å². The van der Waals surface area contributed by atoms with Gasteiger partial charge in [0, 0.05) is 19.1 Å².